The molecule has 4 nitrogen and oxygen atoms in total. The van der Waals surface area contributed by atoms with E-state index >= 15 is 0 Å². The molecule has 0 radical (unpaired) electrons. The van der Waals surface area contributed by atoms with Crippen molar-refractivity contribution < 1.29 is 8.78 Å². The smallest absolute Gasteiger partial charge is 0.261 e. The van der Waals surface area contributed by atoms with Crippen LogP contribution < -0.4 is 0 Å². The standard InChI is InChI=1S/C18H17F2IN4/c19-18(20)4-6-25(11-18)10-12-7-14(9-22-8-12)15-2-1-13-3-5-23-17(21)16(13)24-15/h1-2,7-9H,3-6,10-11H2. The number of rotatable bonds is 3. The summed E-state index contributed by atoms with van der Waals surface area (Å²) in [6, 6.07) is 6.09. The largest absolute Gasteiger partial charge is 0.293 e. The van der Waals surface area contributed by atoms with Crippen LogP contribution in [0.4, 0.5) is 8.78 Å². The van der Waals surface area contributed by atoms with Crippen LogP contribution in [-0.2, 0) is 13.0 Å². The zero-order valence-corrected chi connectivity index (χ0v) is 15.7. The summed E-state index contributed by atoms with van der Waals surface area (Å²) in [5.41, 5.74) is 4.82. The van der Waals surface area contributed by atoms with Gasteiger partial charge in [-0.15, -0.1) is 0 Å². The molecular weight excluding hydrogens is 437 g/mol. The van der Waals surface area contributed by atoms with Gasteiger partial charge >= 0.3 is 0 Å². The van der Waals surface area contributed by atoms with Crippen molar-refractivity contribution >= 4 is 26.3 Å². The van der Waals surface area contributed by atoms with E-state index in [0.717, 1.165) is 39.2 Å². The number of likely N-dealkylation sites (tertiary alicyclic amines) is 1. The average molecular weight is 454 g/mol. The predicted octanol–water partition coefficient (Wildman–Crippen LogP) is 3.72. The van der Waals surface area contributed by atoms with Crippen molar-refractivity contribution in [3.8, 4) is 11.3 Å². The van der Waals surface area contributed by atoms with Gasteiger partial charge in [-0.3, -0.25) is 14.9 Å². The number of aliphatic imine (C=N–C) groups is 1. The predicted molar refractivity (Wildman–Crippen MR) is 101 cm³/mol. The van der Waals surface area contributed by atoms with Crippen molar-refractivity contribution in [3.63, 3.8) is 0 Å². The summed E-state index contributed by atoms with van der Waals surface area (Å²) in [7, 11) is 0. The first kappa shape index (κ1) is 17.0. The van der Waals surface area contributed by atoms with E-state index in [1.54, 1.807) is 17.3 Å². The Morgan fingerprint density at radius 2 is 2.12 bits per heavy atom. The van der Waals surface area contributed by atoms with Gasteiger partial charge in [0.05, 0.1) is 17.9 Å². The Morgan fingerprint density at radius 3 is 2.92 bits per heavy atom. The Labute approximate surface area is 158 Å². The molecule has 0 spiro atoms. The molecule has 25 heavy (non-hydrogen) atoms. The van der Waals surface area contributed by atoms with E-state index in [9.17, 15) is 8.78 Å². The highest BCUT2D eigenvalue weighted by Gasteiger charge is 2.37. The van der Waals surface area contributed by atoms with Gasteiger partial charge in [0.2, 0.25) is 0 Å². The fourth-order valence-corrected chi connectivity index (χ4v) is 4.00. The van der Waals surface area contributed by atoms with E-state index in [4.69, 9.17) is 4.98 Å². The second kappa shape index (κ2) is 6.68. The lowest BCUT2D eigenvalue weighted by Gasteiger charge is -2.16. The molecular formula is C18H17F2IN4. The Morgan fingerprint density at radius 1 is 1.24 bits per heavy atom. The molecule has 2 aliphatic rings. The summed E-state index contributed by atoms with van der Waals surface area (Å²) in [5, 5.41) is 0. The van der Waals surface area contributed by atoms with Gasteiger partial charge in [-0.25, -0.2) is 13.8 Å². The SMILES string of the molecule is FC1(F)CCN(Cc2cncc(-c3ccc4c(n3)C(I)=NCC4)c2)C1. The molecule has 4 rings (SSSR count). The number of fused-ring (bicyclic) bond motifs is 1. The highest BCUT2D eigenvalue weighted by molar-refractivity contribution is 14.1. The van der Waals surface area contributed by atoms with Crippen LogP contribution in [0.3, 0.4) is 0 Å². The highest BCUT2D eigenvalue weighted by atomic mass is 127. The summed E-state index contributed by atoms with van der Waals surface area (Å²) in [6.07, 6.45) is 4.36. The minimum absolute atomic E-state index is 0.0652. The van der Waals surface area contributed by atoms with Gasteiger partial charge in [-0.2, -0.15) is 0 Å². The quantitative estimate of drug-likeness (QED) is 0.665. The second-order valence-electron chi connectivity index (χ2n) is 6.53. The molecule has 2 aromatic rings. The van der Waals surface area contributed by atoms with Gasteiger partial charge in [0.1, 0.15) is 3.72 Å². The van der Waals surface area contributed by atoms with Gasteiger partial charge in [0.15, 0.2) is 0 Å². The number of hydrogen-bond donors (Lipinski definition) is 0. The lowest BCUT2D eigenvalue weighted by molar-refractivity contribution is 0.0115. The summed E-state index contributed by atoms with van der Waals surface area (Å²) in [4.78, 5) is 15.3. The van der Waals surface area contributed by atoms with Crippen molar-refractivity contribution in [3.05, 3.63) is 47.4 Å². The molecule has 0 N–H and O–H groups in total. The van der Waals surface area contributed by atoms with Crippen molar-refractivity contribution in [2.24, 2.45) is 4.99 Å². The fraction of sp³-hybridized carbons (Fsp3) is 0.389. The number of halogens is 3. The normalized spacial score (nSPS) is 19.6. The van der Waals surface area contributed by atoms with E-state index in [0.29, 0.717) is 13.1 Å². The molecule has 2 aliphatic heterocycles. The topological polar surface area (TPSA) is 41.4 Å². The maximum atomic E-state index is 13.4. The summed E-state index contributed by atoms with van der Waals surface area (Å²) in [6.45, 7) is 1.54. The molecule has 0 aliphatic carbocycles. The van der Waals surface area contributed by atoms with Crippen molar-refractivity contribution in [1.82, 2.24) is 14.9 Å². The lowest BCUT2D eigenvalue weighted by Crippen LogP contribution is -2.24. The van der Waals surface area contributed by atoms with Crippen LogP contribution in [0.2, 0.25) is 0 Å². The lowest BCUT2D eigenvalue weighted by atomic mass is 10.1. The number of alkyl halides is 2. The van der Waals surface area contributed by atoms with Gasteiger partial charge in [-0.05, 0) is 52.3 Å². The molecule has 4 heterocycles. The summed E-state index contributed by atoms with van der Waals surface area (Å²) < 4.78 is 27.7. The van der Waals surface area contributed by atoms with Crippen molar-refractivity contribution in [2.75, 3.05) is 19.6 Å². The van der Waals surface area contributed by atoms with Gasteiger partial charge in [0.25, 0.3) is 5.92 Å². The van der Waals surface area contributed by atoms with E-state index in [-0.39, 0.29) is 13.0 Å². The Balaban J connectivity index is 1.58. The molecule has 1 saturated heterocycles. The number of hydrogen-bond acceptors (Lipinski definition) is 4. The minimum atomic E-state index is -2.57. The van der Waals surface area contributed by atoms with Gasteiger partial charge in [0, 0.05) is 44.0 Å². The fourth-order valence-electron chi connectivity index (χ4n) is 3.29. The number of pyridine rings is 2. The minimum Gasteiger partial charge on any atom is -0.293 e. The average Bonchev–Trinajstić information content (AvgIpc) is 2.94. The Kier molecular flexibility index (Phi) is 4.53. The molecule has 0 bridgehead atoms. The number of aromatic nitrogens is 2. The zero-order chi connectivity index (χ0) is 17.4. The molecule has 0 atom stereocenters. The van der Waals surface area contributed by atoms with E-state index in [1.165, 1.54) is 5.56 Å². The first-order valence-electron chi connectivity index (χ1n) is 8.25. The molecule has 0 unspecified atom stereocenters. The van der Waals surface area contributed by atoms with Crippen LogP contribution >= 0.6 is 22.6 Å². The number of nitrogens with zero attached hydrogens (tertiary/aromatic N) is 4. The summed E-state index contributed by atoms with van der Waals surface area (Å²) >= 11 is 2.22. The first-order valence-corrected chi connectivity index (χ1v) is 9.33. The molecule has 2 aromatic heterocycles. The van der Waals surface area contributed by atoms with Crippen molar-refractivity contribution in [2.45, 2.75) is 25.3 Å². The van der Waals surface area contributed by atoms with E-state index in [1.807, 2.05) is 12.1 Å². The van der Waals surface area contributed by atoms with Crippen LogP contribution in [0, 0.1) is 0 Å². The Hall–Kier alpha value is -1.48. The third kappa shape index (κ3) is 3.72. The molecule has 1 fully saturated rings. The van der Waals surface area contributed by atoms with E-state index in [2.05, 4.69) is 38.6 Å². The second-order valence-corrected chi connectivity index (χ2v) is 7.55. The van der Waals surface area contributed by atoms with Crippen LogP contribution in [0.25, 0.3) is 11.3 Å². The third-order valence-corrected chi connectivity index (χ3v) is 5.40. The maximum Gasteiger partial charge on any atom is 0.261 e. The molecule has 0 amide bonds. The maximum absolute atomic E-state index is 13.4. The third-order valence-electron chi connectivity index (χ3n) is 4.55. The zero-order valence-electron chi connectivity index (χ0n) is 13.6. The van der Waals surface area contributed by atoms with Crippen LogP contribution in [0.1, 0.15) is 23.2 Å². The molecule has 130 valence electrons. The van der Waals surface area contributed by atoms with E-state index < -0.39 is 5.92 Å². The highest BCUT2D eigenvalue weighted by Crippen LogP contribution is 2.28. The van der Waals surface area contributed by atoms with Crippen LogP contribution in [0.5, 0.6) is 0 Å². The molecule has 0 saturated carbocycles. The molecule has 7 heteroatoms. The Bertz CT molecular complexity index is 838. The van der Waals surface area contributed by atoms with Gasteiger partial charge < -0.3 is 0 Å². The van der Waals surface area contributed by atoms with Gasteiger partial charge in [-0.1, -0.05) is 6.07 Å². The summed E-state index contributed by atoms with van der Waals surface area (Å²) in [5.74, 6) is -2.57. The van der Waals surface area contributed by atoms with Crippen molar-refractivity contribution in [1.29, 1.82) is 0 Å². The molecule has 0 aromatic carbocycles. The monoisotopic (exact) mass is 454 g/mol. The first-order chi connectivity index (χ1) is 12.0. The van der Waals surface area contributed by atoms with Crippen LogP contribution in [0.15, 0.2) is 35.6 Å². The van der Waals surface area contributed by atoms with Crippen LogP contribution in [-0.4, -0.2) is 44.1 Å².